The Hall–Kier alpha value is -3.35. The highest BCUT2D eigenvalue weighted by Crippen LogP contribution is 2.26. The molecule has 2 aromatic carbocycles. The fraction of sp³-hybridized carbons (Fsp3) is 0.318. The first-order chi connectivity index (χ1) is 14.1. The first kappa shape index (κ1) is 19.0. The minimum Gasteiger partial charge on any atom is -0.480 e. The number of piperidine rings is 1. The second-order valence-electron chi connectivity index (χ2n) is 7.31. The van der Waals surface area contributed by atoms with E-state index in [1.807, 2.05) is 59.5 Å². The number of hydrogen-bond donors (Lipinski definition) is 2. The highest BCUT2D eigenvalue weighted by Gasteiger charge is 2.30. The molecule has 1 saturated heterocycles. The number of fused-ring (bicyclic) bond motifs is 1. The molecule has 1 aromatic heterocycles. The van der Waals surface area contributed by atoms with Crippen molar-refractivity contribution in [3.63, 3.8) is 0 Å². The van der Waals surface area contributed by atoms with Crippen molar-refractivity contribution in [1.82, 2.24) is 10.3 Å². The molecule has 29 heavy (non-hydrogen) atoms. The second kappa shape index (κ2) is 8.34. The van der Waals surface area contributed by atoms with Crippen LogP contribution < -0.4 is 10.2 Å². The number of rotatable bonds is 6. The summed E-state index contributed by atoms with van der Waals surface area (Å²) in [4.78, 5) is 30.8. The van der Waals surface area contributed by atoms with Gasteiger partial charge in [0.05, 0.1) is 0 Å². The van der Waals surface area contributed by atoms with Gasteiger partial charge in [-0.25, -0.2) is 4.79 Å². The van der Waals surface area contributed by atoms with E-state index in [0.717, 1.165) is 16.7 Å². The van der Waals surface area contributed by atoms with Crippen LogP contribution in [0.4, 0.5) is 6.01 Å². The lowest BCUT2D eigenvalue weighted by atomic mass is 9.95. The maximum Gasteiger partial charge on any atom is 0.326 e. The number of amides is 1. The lowest BCUT2D eigenvalue weighted by Gasteiger charge is -2.30. The van der Waals surface area contributed by atoms with Gasteiger partial charge in [0.2, 0.25) is 5.91 Å². The summed E-state index contributed by atoms with van der Waals surface area (Å²) in [5.41, 5.74) is 2.44. The number of para-hydroxylation sites is 2. The molecule has 7 heteroatoms. The Labute approximate surface area is 168 Å². The number of aliphatic carboxylic acids is 1. The van der Waals surface area contributed by atoms with Crippen LogP contribution in [0.1, 0.15) is 18.4 Å². The predicted molar refractivity (Wildman–Crippen MR) is 109 cm³/mol. The number of aromatic nitrogens is 1. The average Bonchev–Trinajstić information content (AvgIpc) is 3.18. The van der Waals surface area contributed by atoms with Crippen LogP contribution in [-0.2, 0) is 16.0 Å². The number of carboxylic acid groups (broad SMARTS) is 1. The molecule has 3 aromatic rings. The third-order valence-electron chi connectivity index (χ3n) is 5.32. The highest BCUT2D eigenvalue weighted by molar-refractivity contribution is 5.85. The van der Waals surface area contributed by atoms with E-state index in [9.17, 15) is 14.7 Å². The molecule has 2 N–H and O–H groups in total. The van der Waals surface area contributed by atoms with Crippen LogP contribution in [0.5, 0.6) is 0 Å². The topological polar surface area (TPSA) is 95.7 Å². The summed E-state index contributed by atoms with van der Waals surface area (Å²) < 4.78 is 5.80. The Morgan fingerprint density at radius 2 is 1.79 bits per heavy atom. The molecule has 0 bridgehead atoms. The van der Waals surface area contributed by atoms with Crippen molar-refractivity contribution >= 4 is 29.0 Å². The van der Waals surface area contributed by atoms with Gasteiger partial charge in [-0.1, -0.05) is 42.5 Å². The Morgan fingerprint density at radius 1 is 1.10 bits per heavy atom. The average molecular weight is 393 g/mol. The van der Waals surface area contributed by atoms with Gasteiger partial charge in [-0.3, -0.25) is 4.79 Å². The molecular weight excluding hydrogens is 370 g/mol. The molecule has 2 heterocycles. The zero-order chi connectivity index (χ0) is 20.2. The number of anilines is 1. The molecule has 7 nitrogen and oxygen atoms in total. The fourth-order valence-electron chi connectivity index (χ4n) is 3.67. The zero-order valence-corrected chi connectivity index (χ0v) is 16.0. The van der Waals surface area contributed by atoms with Gasteiger partial charge in [0.25, 0.3) is 6.01 Å². The number of oxazole rings is 1. The quantitative estimate of drug-likeness (QED) is 0.669. The molecule has 1 fully saturated rings. The van der Waals surface area contributed by atoms with E-state index in [-0.39, 0.29) is 18.2 Å². The summed E-state index contributed by atoms with van der Waals surface area (Å²) >= 11 is 0. The van der Waals surface area contributed by atoms with E-state index < -0.39 is 12.0 Å². The number of nitrogens with zero attached hydrogens (tertiary/aromatic N) is 2. The van der Waals surface area contributed by atoms with Crippen LogP contribution in [-0.4, -0.2) is 41.1 Å². The first-order valence-corrected chi connectivity index (χ1v) is 9.78. The molecular formula is C22H23N3O4. The summed E-state index contributed by atoms with van der Waals surface area (Å²) in [6.45, 7) is 1.28. The van der Waals surface area contributed by atoms with Crippen molar-refractivity contribution in [2.75, 3.05) is 18.0 Å². The van der Waals surface area contributed by atoms with Crippen LogP contribution in [0.3, 0.4) is 0 Å². The molecule has 150 valence electrons. The van der Waals surface area contributed by atoms with Crippen molar-refractivity contribution in [3.8, 4) is 0 Å². The van der Waals surface area contributed by atoms with Gasteiger partial charge >= 0.3 is 5.97 Å². The van der Waals surface area contributed by atoms with Crippen molar-refractivity contribution in [1.29, 1.82) is 0 Å². The highest BCUT2D eigenvalue weighted by atomic mass is 16.4. The zero-order valence-electron chi connectivity index (χ0n) is 16.0. The lowest BCUT2D eigenvalue weighted by Crippen LogP contribution is -2.47. The third kappa shape index (κ3) is 4.39. The summed E-state index contributed by atoms with van der Waals surface area (Å²) in [5.74, 6) is -1.44. The molecule has 1 unspecified atom stereocenters. The van der Waals surface area contributed by atoms with Crippen LogP contribution in [0, 0.1) is 5.92 Å². The molecule has 0 aliphatic carbocycles. The summed E-state index contributed by atoms with van der Waals surface area (Å²) in [5, 5.41) is 12.2. The van der Waals surface area contributed by atoms with E-state index in [4.69, 9.17) is 4.42 Å². The van der Waals surface area contributed by atoms with Crippen LogP contribution in [0.15, 0.2) is 59.0 Å². The van der Waals surface area contributed by atoms with E-state index >= 15 is 0 Å². The van der Waals surface area contributed by atoms with Crippen LogP contribution in [0.2, 0.25) is 0 Å². The van der Waals surface area contributed by atoms with E-state index in [1.54, 1.807) is 0 Å². The number of benzene rings is 2. The van der Waals surface area contributed by atoms with Crippen molar-refractivity contribution in [2.24, 2.45) is 5.92 Å². The largest absolute Gasteiger partial charge is 0.480 e. The standard InChI is InChI=1S/C22H23N3O4/c26-20(23-18(21(27)28)14-15-6-2-1-3-7-15)16-10-12-25(13-11-16)22-24-17-8-4-5-9-19(17)29-22/h1-9,16,18H,10-14H2,(H,23,26)(H,27,28). The Kier molecular flexibility index (Phi) is 5.46. The molecule has 4 rings (SSSR count). The van der Waals surface area contributed by atoms with E-state index in [0.29, 0.717) is 31.9 Å². The third-order valence-corrected chi connectivity index (χ3v) is 5.32. The van der Waals surface area contributed by atoms with Crippen molar-refractivity contribution in [3.05, 3.63) is 60.2 Å². The number of hydrogen-bond acceptors (Lipinski definition) is 5. The summed E-state index contributed by atoms with van der Waals surface area (Å²) in [7, 11) is 0. The maximum atomic E-state index is 12.7. The van der Waals surface area contributed by atoms with Gasteiger partial charge in [-0.15, -0.1) is 0 Å². The van der Waals surface area contributed by atoms with Gasteiger partial charge in [0.1, 0.15) is 11.6 Å². The smallest absolute Gasteiger partial charge is 0.326 e. The molecule has 1 aliphatic heterocycles. The number of nitrogens with one attached hydrogen (secondary N) is 1. The minimum absolute atomic E-state index is 0.203. The Balaban J connectivity index is 1.34. The van der Waals surface area contributed by atoms with Gasteiger partial charge in [0, 0.05) is 25.4 Å². The van der Waals surface area contributed by atoms with Crippen molar-refractivity contribution in [2.45, 2.75) is 25.3 Å². The molecule has 1 aliphatic rings. The number of carboxylic acids is 1. The first-order valence-electron chi connectivity index (χ1n) is 9.78. The van der Waals surface area contributed by atoms with Crippen LogP contribution >= 0.6 is 0 Å². The maximum absolute atomic E-state index is 12.7. The number of carbonyl (C=O) groups is 2. The summed E-state index contributed by atoms with van der Waals surface area (Å²) in [6.07, 6.45) is 1.52. The number of carbonyl (C=O) groups excluding carboxylic acids is 1. The molecule has 0 saturated carbocycles. The second-order valence-corrected chi connectivity index (χ2v) is 7.31. The van der Waals surface area contributed by atoms with Gasteiger partial charge in [-0.05, 0) is 30.5 Å². The van der Waals surface area contributed by atoms with Crippen LogP contribution in [0.25, 0.3) is 11.1 Å². The Morgan fingerprint density at radius 3 is 2.48 bits per heavy atom. The lowest BCUT2D eigenvalue weighted by molar-refractivity contribution is -0.142. The SMILES string of the molecule is O=C(NC(Cc1ccccc1)C(=O)O)C1CCN(c2nc3ccccc3o2)CC1. The molecule has 1 amide bonds. The fourth-order valence-corrected chi connectivity index (χ4v) is 3.67. The molecule has 1 atom stereocenters. The van der Waals surface area contributed by atoms with E-state index in [1.165, 1.54) is 0 Å². The minimum atomic E-state index is -1.02. The molecule has 0 spiro atoms. The Bertz CT molecular complexity index is 960. The predicted octanol–water partition coefficient (Wildman–Crippen LogP) is 2.86. The van der Waals surface area contributed by atoms with Gasteiger partial charge in [-0.2, -0.15) is 4.98 Å². The van der Waals surface area contributed by atoms with Gasteiger partial charge in [0.15, 0.2) is 5.58 Å². The monoisotopic (exact) mass is 393 g/mol. The summed E-state index contributed by atoms with van der Waals surface area (Å²) in [6, 6.07) is 16.6. The van der Waals surface area contributed by atoms with Gasteiger partial charge < -0.3 is 19.7 Å². The van der Waals surface area contributed by atoms with Crippen molar-refractivity contribution < 1.29 is 19.1 Å². The van der Waals surface area contributed by atoms with E-state index in [2.05, 4.69) is 10.3 Å². The molecule has 0 radical (unpaired) electrons. The normalized spacial score (nSPS) is 15.9.